The molecule has 0 bridgehead atoms. The van der Waals surface area contributed by atoms with E-state index < -0.39 is 5.97 Å². The number of aromatic nitrogens is 4. The highest BCUT2D eigenvalue weighted by atomic mass is 79.9. The van der Waals surface area contributed by atoms with Crippen LogP contribution >= 0.6 is 15.9 Å². The van der Waals surface area contributed by atoms with Gasteiger partial charge in [0.05, 0.1) is 6.33 Å². The first kappa shape index (κ1) is 9.07. The van der Waals surface area contributed by atoms with E-state index in [4.69, 9.17) is 5.11 Å². The first-order chi connectivity index (χ1) is 6.68. The van der Waals surface area contributed by atoms with Crippen molar-refractivity contribution in [3.05, 3.63) is 17.3 Å². The third-order valence-electron chi connectivity index (χ3n) is 1.66. The van der Waals surface area contributed by atoms with Gasteiger partial charge in [-0.25, -0.2) is 15.0 Å². The third-order valence-corrected chi connectivity index (χ3v) is 2.24. The number of carboxylic acid groups (broad SMARTS) is 1. The number of halogens is 1. The predicted octanol–water partition coefficient (Wildman–Crippen LogP) is 0.673. The van der Waals surface area contributed by atoms with Crippen molar-refractivity contribution in [3.63, 3.8) is 0 Å². The van der Waals surface area contributed by atoms with Crippen LogP contribution in [0, 0.1) is 0 Å². The lowest BCUT2D eigenvalue weighted by atomic mass is 10.5. The molecule has 2 rings (SSSR count). The van der Waals surface area contributed by atoms with E-state index in [9.17, 15) is 4.79 Å². The maximum absolute atomic E-state index is 10.5. The van der Waals surface area contributed by atoms with Crippen molar-refractivity contribution in [1.82, 2.24) is 19.5 Å². The van der Waals surface area contributed by atoms with Gasteiger partial charge in [-0.1, -0.05) is 0 Å². The molecular formula is C7H5BrN4O2. The second kappa shape index (κ2) is 3.33. The van der Waals surface area contributed by atoms with E-state index in [0.717, 1.165) is 0 Å². The van der Waals surface area contributed by atoms with Crippen LogP contribution in [-0.4, -0.2) is 30.6 Å². The van der Waals surface area contributed by atoms with Gasteiger partial charge < -0.3 is 9.67 Å². The lowest BCUT2D eigenvalue weighted by molar-refractivity contribution is -0.137. The molecule has 1 N–H and O–H groups in total. The van der Waals surface area contributed by atoms with Crippen LogP contribution in [0.3, 0.4) is 0 Å². The topological polar surface area (TPSA) is 80.9 Å². The number of nitrogens with zero attached hydrogens (tertiary/aromatic N) is 4. The molecule has 0 spiro atoms. The van der Waals surface area contributed by atoms with Crippen LogP contribution in [-0.2, 0) is 11.3 Å². The van der Waals surface area contributed by atoms with Gasteiger partial charge >= 0.3 is 5.97 Å². The van der Waals surface area contributed by atoms with Crippen molar-refractivity contribution in [2.24, 2.45) is 0 Å². The molecule has 2 aromatic heterocycles. The van der Waals surface area contributed by atoms with E-state index in [2.05, 4.69) is 30.9 Å². The zero-order valence-electron chi connectivity index (χ0n) is 6.88. The second-order valence-corrected chi connectivity index (χ2v) is 3.35. The molecule has 0 saturated carbocycles. The molecule has 0 atom stereocenters. The minimum absolute atomic E-state index is 0.153. The predicted molar refractivity (Wildman–Crippen MR) is 50.7 cm³/mol. The summed E-state index contributed by atoms with van der Waals surface area (Å²) >= 11 is 3.20. The lowest BCUT2D eigenvalue weighted by Gasteiger charge is -1.97. The fourth-order valence-electron chi connectivity index (χ4n) is 1.11. The maximum Gasteiger partial charge on any atom is 0.323 e. The van der Waals surface area contributed by atoms with Crippen molar-refractivity contribution < 1.29 is 9.90 Å². The van der Waals surface area contributed by atoms with E-state index in [-0.39, 0.29) is 6.54 Å². The van der Waals surface area contributed by atoms with Crippen LogP contribution in [0.15, 0.2) is 17.3 Å². The SMILES string of the molecule is O=C(O)Cn1cnc2c(Br)ncnc21. The van der Waals surface area contributed by atoms with Crippen LogP contribution in [0.4, 0.5) is 0 Å². The summed E-state index contributed by atoms with van der Waals surface area (Å²) in [5, 5.41) is 8.61. The Morgan fingerprint density at radius 2 is 2.29 bits per heavy atom. The van der Waals surface area contributed by atoms with Crippen molar-refractivity contribution >= 4 is 33.1 Å². The third kappa shape index (κ3) is 1.46. The van der Waals surface area contributed by atoms with Gasteiger partial charge in [0.1, 0.15) is 23.0 Å². The van der Waals surface area contributed by atoms with Crippen molar-refractivity contribution in [2.75, 3.05) is 0 Å². The largest absolute Gasteiger partial charge is 0.480 e. The smallest absolute Gasteiger partial charge is 0.323 e. The summed E-state index contributed by atoms with van der Waals surface area (Å²) in [5.74, 6) is -0.931. The summed E-state index contributed by atoms with van der Waals surface area (Å²) in [5.41, 5.74) is 1.07. The summed E-state index contributed by atoms with van der Waals surface area (Å²) in [6, 6.07) is 0. The molecule has 7 heteroatoms. The molecule has 0 aromatic carbocycles. The number of carbonyl (C=O) groups is 1. The van der Waals surface area contributed by atoms with E-state index in [1.54, 1.807) is 0 Å². The van der Waals surface area contributed by atoms with Crippen LogP contribution in [0.2, 0.25) is 0 Å². The normalized spacial score (nSPS) is 10.6. The molecule has 0 aliphatic heterocycles. The Hall–Kier alpha value is -1.50. The summed E-state index contributed by atoms with van der Waals surface area (Å²) in [6.45, 7) is -0.153. The zero-order valence-corrected chi connectivity index (χ0v) is 8.47. The Bertz CT molecular complexity index is 495. The number of aliphatic carboxylic acids is 1. The molecule has 2 heterocycles. The van der Waals surface area contributed by atoms with Gasteiger partial charge in [-0.15, -0.1) is 0 Å². The van der Waals surface area contributed by atoms with E-state index in [0.29, 0.717) is 15.8 Å². The molecule has 72 valence electrons. The van der Waals surface area contributed by atoms with Gasteiger partial charge in [0.2, 0.25) is 0 Å². The van der Waals surface area contributed by atoms with E-state index in [1.807, 2.05) is 0 Å². The first-order valence-electron chi connectivity index (χ1n) is 3.71. The Morgan fingerprint density at radius 3 is 3.00 bits per heavy atom. The fourth-order valence-corrected chi connectivity index (χ4v) is 1.48. The number of rotatable bonds is 2. The van der Waals surface area contributed by atoms with E-state index >= 15 is 0 Å². The molecule has 0 saturated heterocycles. The quantitative estimate of drug-likeness (QED) is 0.800. The summed E-state index contributed by atoms with van der Waals surface area (Å²) in [6.07, 6.45) is 2.78. The van der Waals surface area contributed by atoms with Gasteiger partial charge in [-0.05, 0) is 15.9 Å². The molecule has 2 aromatic rings. The van der Waals surface area contributed by atoms with Crippen LogP contribution in [0.1, 0.15) is 0 Å². The molecule has 0 aliphatic rings. The fraction of sp³-hybridized carbons (Fsp3) is 0.143. The van der Waals surface area contributed by atoms with Gasteiger partial charge in [-0.3, -0.25) is 4.79 Å². The number of fused-ring (bicyclic) bond motifs is 1. The van der Waals surface area contributed by atoms with Crippen molar-refractivity contribution in [3.8, 4) is 0 Å². The Kier molecular flexibility index (Phi) is 2.16. The molecule has 0 unspecified atom stereocenters. The summed E-state index contributed by atoms with van der Waals surface area (Å²) in [4.78, 5) is 22.3. The maximum atomic E-state index is 10.5. The lowest BCUT2D eigenvalue weighted by Crippen LogP contribution is -2.08. The zero-order chi connectivity index (χ0) is 10.1. The Morgan fingerprint density at radius 1 is 1.50 bits per heavy atom. The van der Waals surface area contributed by atoms with Gasteiger partial charge in [0.25, 0.3) is 0 Å². The molecule has 0 radical (unpaired) electrons. The minimum atomic E-state index is -0.931. The monoisotopic (exact) mass is 256 g/mol. The number of hydrogen-bond donors (Lipinski definition) is 1. The average Bonchev–Trinajstić information content (AvgIpc) is 2.49. The molecule has 0 amide bonds. The highest BCUT2D eigenvalue weighted by molar-refractivity contribution is 9.10. The van der Waals surface area contributed by atoms with Crippen molar-refractivity contribution in [1.29, 1.82) is 0 Å². The number of imidazole rings is 1. The van der Waals surface area contributed by atoms with Gasteiger partial charge in [0.15, 0.2) is 5.65 Å². The first-order valence-corrected chi connectivity index (χ1v) is 4.51. The van der Waals surface area contributed by atoms with Crippen molar-refractivity contribution in [2.45, 2.75) is 6.54 Å². The van der Waals surface area contributed by atoms with Gasteiger partial charge in [0, 0.05) is 0 Å². The average molecular weight is 257 g/mol. The molecule has 6 nitrogen and oxygen atoms in total. The highest BCUT2D eigenvalue weighted by Crippen LogP contribution is 2.17. The van der Waals surface area contributed by atoms with Crippen LogP contribution < -0.4 is 0 Å². The van der Waals surface area contributed by atoms with Crippen LogP contribution in [0.5, 0.6) is 0 Å². The Balaban J connectivity index is 2.58. The molecule has 14 heavy (non-hydrogen) atoms. The number of carboxylic acids is 1. The Labute approximate surface area is 86.7 Å². The van der Waals surface area contributed by atoms with Crippen LogP contribution in [0.25, 0.3) is 11.2 Å². The number of hydrogen-bond acceptors (Lipinski definition) is 4. The van der Waals surface area contributed by atoms with Gasteiger partial charge in [-0.2, -0.15) is 0 Å². The standard InChI is InChI=1S/C7H5BrN4O2/c8-6-5-7(10-2-9-6)12(3-11-5)1-4(13)14/h2-3H,1H2,(H,13,14). The summed E-state index contributed by atoms with van der Waals surface area (Å²) < 4.78 is 2.01. The van der Waals surface area contributed by atoms with E-state index in [1.165, 1.54) is 17.2 Å². The molecule has 0 aliphatic carbocycles. The molecule has 0 fully saturated rings. The second-order valence-electron chi connectivity index (χ2n) is 2.60. The highest BCUT2D eigenvalue weighted by Gasteiger charge is 2.09. The molecular weight excluding hydrogens is 252 g/mol. The minimum Gasteiger partial charge on any atom is -0.480 e. The summed E-state index contributed by atoms with van der Waals surface area (Å²) in [7, 11) is 0.